The first-order valence-electron chi connectivity index (χ1n) is 7.86. The first kappa shape index (κ1) is 15.1. The van der Waals surface area contributed by atoms with Gasteiger partial charge in [-0.05, 0) is 30.2 Å². The Hall–Kier alpha value is -3.41. The molecule has 0 unspecified atom stereocenters. The van der Waals surface area contributed by atoms with Gasteiger partial charge in [0.05, 0.1) is 10.9 Å². The van der Waals surface area contributed by atoms with Gasteiger partial charge in [0.2, 0.25) is 0 Å². The average Bonchev–Trinajstić information content (AvgIpc) is 2.89. The lowest BCUT2D eigenvalue weighted by Crippen LogP contribution is -2.09. The Morgan fingerprint density at radius 1 is 1.16 bits per heavy atom. The van der Waals surface area contributed by atoms with E-state index in [0.717, 1.165) is 22.0 Å². The third-order valence-electron chi connectivity index (χ3n) is 4.31. The number of carboxylic acids is 1. The van der Waals surface area contributed by atoms with Gasteiger partial charge in [0, 0.05) is 5.39 Å². The number of hydrogen-bond acceptors (Lipinski definition) is 4. The summed E-state index contributed by atoms with van der Waals surface area (Å²) in [4.78, 5) is 19.6. The molecule has 6 heteroatoms. The summed E-state index contributed by atoms with van der Waals surface area (Å²) in [6, 6.07) is 14.1. The van der Waals surface area contributed by atoms with Gasteiger partial charge in [-0.3, -0.25) is 4.79 Å². The Morgan fingerprint density at radius 2 is 1.96 bits per heavy atom. The van der Waals surface area contributed by atoms with E-state index in [0.29, 0.717) is 16.9 Å². The molecule has 2 heterocycles. The molecule has 0 fully saturated rings. The summed E-state index contributed by atoms with van der Waals surface area (Å²) in [6.45, 7) is 1.87. The van der Waals surface area contributed by atoms with Crippen molar-refractivity contribution in [3.05, 3.63) is 54.4 Å². The van der Waals surface area contributed by atoms with Crippen LogP contribution in [-0.2, 0) is 11.3 Å². The van der Waals surface area contributed by atoms with Gasteiger partial charge < -0.3 is 15.4 Å². The van der Waals surface area contributed by atoms with Gasteiger partial charge in [-0.1, -0.05) is 35.9 Å². The van der Waals surface area contributed by atoms with E-state index in [4.69, 9.17) is 5.73 Å². The Balaban J connectivity index is 2.05. The lowest BCUT2D eigenvalue weighted by Gasteiger charge is -2.05. The van der Waals surface area contributed by atoms with Crippen molar-refractivity contribution in [2.24, 2.45) is 0 Å². The van der Waals surface area contributed by atoms with E-state index in [1.54, 1.807) is 4.57 Å². The number of carboxylic acid groups (broad SMARTS) is 1. The van der Waals surface area contributed by atoms with Crippen molar-refractivity contribution in [2.75, 3.05) is 5.73 Å². The number of aliphatic carboxylic acids is 1. The monoisotopic (exact) mass is 332 g/mol. The zero-order chi connectivity index (χ0) is 17.6. The molecule has 0 amide bonds. The Labute approximate surface area is 143 Å². The maximum Gasteiger partial charge on any atom is 0.323 e. The molecule has 2 aromatic heterocycles. The number of nitrogen functional groups attached to an aromatic ring is 1. The molecule has 0 saturated heterocycles. The number of aromatic nitrogens is 3. The molecule has 0 spiro atoms. The van der Waals surface area contributed by atoms with Crippen LogP contribution in [0.2, 0.25) is 0 Å². The first-order chi connectivity index (χ1) is 12.0. The maximum atomic E-state index is 11.3. The molecule has 4 rings (SSSR count). The third-order valence-corrected chi connectivity index (χ3v) is 4.31. The topological polar surface area (TPSA) is 94.0 Å². The van der Waals surface area contributed by atoms with E-state index in [1.807, 2.05) is 43.3 Å². The van der Waals surface area contributed by atoms with Crippen molar-refractivity contribution in [2.45, 2.75) is 13.5 Å². The number of nitrogens with two attached hydrogens (primary N) is 1. The fourth-order valence-corrected chi connectivity index (χ4v) is 3.24. The highest BCUT2D eigenvalue weighted by molar-refractivity contribution is 6.12. The van der Waals surface area contributed by atoms with Crippen LogP contribution in [0.5, 0.6) is 0 Å². The number of nitrogens with zero attached hydrogens (tertiary/aromatic N) is 3. The van der Waals surface area contributed by atoms with Gasteiger partial charge in [0.15, 0.2) is 0 Å². The molecule has 3 N–H and O–H groups in total. The van der Waals surface area contributed by atoms with Crippen LogP contribution in [-0.4, -0.2) is 25.6 Å². The lowest BCUT2D eigenvalue weighted by atomic mass is 10.0. The molecule has 0 aliphatic heterocycles. The minimum Gasteiger partial charge on any atom is -0.480 e. The molecule has 6 nitrogen and oxygen atoms in total. The SMILES string of the molecule is Cc1cccc(-c2ccc3c(c2)c2c(N)ncnc2n3CC(=O)O)c1. The standard InChI is InChI=1S/C19H16N4O2/c1-11-3-2-4-12(7-11)13-5-6-15-14(8-13)17-18(20)21-10-22-19(17)23(15)9-16(24)25/h2-8,10H,9H2,1H3,(H,24,25)(H2,20,21,22). The smallest absolute Gasteiger partial charge is 0.323 e. The third kappa shape index (κ3) is 2.48. The number of rotatable bonds is 3. The molecule has 0 bridgehead atoms. The largest absolute Gasteiger partial charge is 0.480 e. The van der Waals surface area contributed by atoms with Crippen LogP contribution in [0.4, 0.5) is 5.82 Å². The predicted octanol–water partition coefficient (Wildman–Crippen LogP) is 3.23. The van der Waals surface area contributed by atoms with Crippen molar-refractivity contribution in [1.82, 2.24) is 14.5 Å². The van der Waals surface area contributed by atoms with Gasteiger partial charge in [0.1, 0.15) is 24.3 Å². The lowest BCUT2D eigenvalue weighted by molar-refractivity contribution is -0.137. The van der Waals surface area contributed by atoms with Gasteiger partial charge >= 0.3 is 5.97 Å². The second-order valence-electron chi connectivity index (χ2n) is 6.04. The Bertz CT molecular complexity index is 1130. The number of hydrogen-bond donors (Lipinski definition) is 2. The second kappa shape index (κ2) is 5.59. The second-order valence-corrected chi connectivity index (χ2v) is 6.04. The molecule has 4 aromatic rings. The van der Waals surface area contributed by atoms with E-state index in [9.17, 15) is 9.90 Å². The van der Waals surface area contributed by atoms with E-state index < -0.39 is 5.97 Å². The summed E-state index contributed by atoms with van der Waals surface area (Å²) in [6.07, 6.45) is 1.36. The molecule has 0 radical (unpaired) electrons. The normalized spacial score (nSPS) is 11.2. The first-order valence-corrected chi connectivity index (χ1v) is 7.86. The van der Waals surface area contributed by atoms with Gasteiger partial charge in [0.25, 0.3) is 0 Å². The molecule has 124 valence electrons. The molecular weight excluding hydrogens is 316 g/mol. The molecule has 0 aliphatic carbocycles. The van der Waals surface area contributed by atoms with Crippen LogP contribution < -0.4 is 5.73 Å². The highest BCUT2D eigenvalue weighted by Gasteiger charge is 2.17. The number of aryl methyl sites for hydroxylation is 1. The molecule has 0 atom stereocenters. The molecule has 25 heavy (non-hydrogen) atoms. The van der Waals surface area contributed by atoms with Gasteiger partial charge in [-0.15, -0.1) is 0 Å². The van der Waals surface area contributed by atoms with Crippen LogP contribution in [0, 0.1) is 6.92 Å². The zero-order valence-corrected chi connectivity index (χ0v) is 13.6. The summed E-state index contributed by atoms with van der Waals surface area (Å²) in [5, 5.41) is 10.8. The van der Waals surface area contributed by atoms with E-state index in [1.165, 1.54) is 11.9 Å². The number of benzene rings is 2. The quantitative estimate of drug-likeness (QED) is 0.601. The summed E-state index contributed by atoms with van der Waals surface area (Å²) in [5.74, 6) is -0.584. The van der Waals surface area contributed by atoms with Crippen LogP contribution in [0.15, 0.2) is 48.8 Å². The number of anilines is 1. The fraction of sp³-hybridized carbons (Fsp3) is 0.105. The molecular formula is C19H16N4O2. The minimum atomic E-state index is -0.932. The Morgan fingerprint density at radius 3 is 2.72 bits per heavy atom. The average molecular weight is 332 g/mol. The van der Waals surface area contributed by atoms with Crippen molar-refractivity contribution < 1.29 is 9.90 Å². The maximum absolute atomic E-state index is 11.3. The summed E-state index contributed by atoms with van der Waals surface area (Å²) in [5.41, 5.74) is 10.7. The van der Waals surface area contributed by atoms with Crippen molar-refractivity contribution >= 4 is 33.7 Å². The number of carbonyl (C=O) groups is 1. The van der Waals surface area contributed by atoms with Crippen molar-refractivity contribution in [3.63, 3.8) is 0 Å². The molecule has 0 aliphatic rings. The Kier molecular flexibility index (Phi) is 3.39. The predicted molar refractivity (Wildman–Crippen MR) is 97.3 cm³/mol. The van der Waals surface area contributed by atoms with Gasteiger partial charge in [-0.2, -0.15) is 0 Å². The van der Waals surface area contributed by atoms with Gasteiger partial charge in [-0.25, -0.2) is 9.97 Å². The zero-order valence-electron chi connectivity index (χ0n) is 13.6. The summed E-state index contributed by atoms with van der Waals surface area (Å²) >= 11 is 0. The van der Waals surface area contributed by atoms with Crippen LogP contribution in [0.25, 0.3) is 33.1 Å². The van der Waals surface area contributed by atoms with E-state index >= 15 is 0 Å². The minimum absolute atomic E-state index is 0.180. The van der Waals surface area contributed by atoms with E-state index in [-0.39, 0.29) is 6.54 Å². The highest BCUT2D eigenvalue weighted by atomic mass is 16.4. The van der Waals surface area contributed by atoms with Crippen molar-refractivity contribution in [1.29, 1.82) is 0 Å². The van der Waals surface area contributed by atoms with E-state index in [2.05, 4.69) is 16.0 Å². The van der Waals surface area contributed by atoms with Crippen LogP contribution in [0.1, 0.15) is 5.56 Å². The summed E-state index contributed by atoms with van der Waals surface area (Å²) in [7, 11) is 0. The summed E-state index contributed by atoms with van der Waals surface area (Å²) < 4.78 is 1.66. The van der Waals surface area contributed by atoms with Crippen LogP contribution in [0.3, 0.4) is 0 Å². The molecule has 2 aromatic carbocycles. The fourth-order valence-electron chi connectivity index (χ4n) is 3.24. The van der Waals surface area contributed by atoms with Crippen molar-refractivity contribution in [3.8, 4) is 11.1 Å². The van der Waals surface area contributed by atoms with Crippen LogP contribution >= 0.6 is 0 Å². The number of fused-ring (bicyclic) bond motifs is 3. The highest BCUT2D eigenvalue weighted by Crippen LogP contribution is 2.34. The molecule has 0 saturated carbocycles.